The summed E-state index contributed by atoms with van der Waals surface area (Å²) in [6, 6.07) is 5.35. The highest BCUT2D eigenvalue weighted by Gasteiger charge is 2.40. The monoisotopic (exact) mass is 463 g/mol. The molecule has 1 aromatic heterocycles. The van der Waals surface area contributed by atoms with E-state index in [9.17, 15) is 18.0 Å². The van der Waals surface area contributed by atoms with Gasteiger partial charge in [-0.2, -0.15) is 13.2 Å². The molecule has 5 rings (SSSR count). The number of carbonyl (C=O) groups excluding carboxylic acids is 1. The van der Waals surface area contributed by atoms with E-state index < -0.39 is 11.7 Å². The van der Waals surface area contributed by atoms with Crippen LogP contribution >= 0.6 is 0 Å². The van der Waals surface area contributed by atoms with Gasteiger partial charge in [-0.3, -0.25) is 9.69 Å². The largest absolute Gasteiger partial charge is 0.416 e. The molecule has 3 aliphatic heterocycles. The van der Waals surface area contributed by atoms with Crippen molar-refractivity contribution >= 4 is 5.91 Å². The van der Waals surface area contributed by atoms with E-state index in [4.69, 9.17) is 4.74 Å². The molecule has 1 amide bonds. The number of rotatable bonds is 4. The summed E-state index contributed by atoms with van der Waals surface area (Å²) in [4.78, 5) is 19.6. The van der Waals surface area contributed by atoms with Crippen LogP contribution in [0, 0.1) is 11.8 Å². The highest BCUT2D eigenvalue weighted by atomic mass is 19.4. The average Bonchev–Trinajstić information content (AvgIpc) is 3.38. The van der Waals surface area contributed by atoms with Crippen molar-refractivity contribution in [2.75, 3.05) is 31.7 Å². The van der Waals surface area contributed by atoms with Gasteiger partial charge in [0.1, 0.15) is 17.7 Å². The number of amides is 1. The van der Waals surface area contributed by atoms with Crippen LogP contribution in [0.4, 0.5) is 13.2 Å². The maximum Gasteiger partial charge on any atom is 0.416 e. The van der Waals surface area contributed by atoms with Crippen molar-refractivity contribution in [3.05, 3.63) is 53.1 Å². The van der Waals surface area contributed by atoms with Crippen LogP contribution < -0.4 is 10.7 Å². The lowest BCUT2D eigenvalue weighted by molar-refractivity contribution is -0.137. The highest BCUT2D eigenvalue weighted by Crippen LogP contribution is 2.32. The first-order valence-corrected chi connectivity index (χ1v) is 11.4. The Morgan fingerprint density at radius 1 is 1.15 bits per heavy atom. The summed E-state index contributed by atoms with van der Waals surface area (Å²) in [7, 11) is 0. The molecular weight excluding hydrogens is 435 g/mol. The summed E-state index contributed by atoms with van der Waals surface area (Å²) in [6.45, 7) is 5.65. The Hall–Kier alpha value is -2.59. The SMILES string of the molecule is CC1CN(Cc2ccc(C(F)(F)F)cc2)CC1C1NC(=O)c2cnc(C3CCOCC3)n2N1. The van der Waals surface area contributed by atoms with Crippen molar-refractivity contribution in [1.82, 2.24) is 19.9 Å². The molecular formula is C23H28F3N5O2. The number of hydrogen-bond acceptors (Lipinski definition) is 5. The molecule has 10 heteroatoms. The number of benzene rings is 1. The Bertz CT molecular complexity index is 1000. The van der Waals surface area contributed by atoms with E-state index in [-0.39, 0.29) is 23.9 Å². The van der Waals surface area contributed by atoms with Crippen LogP contribution in [0.2, 0.25) is 0 Å². The molecule has 0 spiro atoms. The highest BCUT2D eigenvalue weighted by molar-refractivity contribution is 5.93. The normalized spacial score (nSPS) is 26.7. The van der Waals surface area contributed by atoms with E-state index in [1.165, 1.54) is 0 Å². The Morgan fingerprint density at radius 2 is 1.88 bits per heavy atom. The fourth-order valence-electron chi connectivity index (χ4n) is 5.21. The third-order valence-electron chi connectivity index (χ3n) is 7.02. The van der Waals surface area contributed by atoms with Crippen molar-refractivity contribution in [2.45, 2.75) is 44.6 Å². The van der Waals surface area contributed by atoms with Crippen LogP contribution in [-0.2, 0) is 17.5 Å². The van der Waals surface area contributed by atoms with E-state index >= 15 is 0 Å². The van der Waals surface area contributed by atoms with Crippen LogP contribution in [0.15, 0.2) is 30.5 Å². The fraction of sp³-hybridized carbons (Fsp3) is 0.565. The van der Waals surface area contributed by atoms with Gasteiger partial charge in [-0.25, -0.2) is 9.66 Å². The third-order valence-corrected chi connectivity index (χ3v) is 7.02. The zero-order chi connectivity index (χ0) is 23.2. The van der Waals surface area contributed by atoms with Gasteiger partial charge in [0.05, 0.1) is 11.8 Å². The second-order valence-corrected chi connectivity index (χ2v) is 9.33. The number of aromatic nitrogens is 2. The number of carbonyl (C=O) groups is 1. The molecule has 0 bridgehead atoms. The van der Waals surface area contributed by atoms with Crippen LogP contribution in [0.5, 0.6) is 0 Å². The van der Waals surface area contributed by atoms with Crippen molar-refractivity contribution in [3.8, 4) is 0 Å². The van der Waals surface area contributed by atoms with Crippen molar-refractivity contribution in [1.29, 1.82) is 0 Å². The number of nitrogens with zero attached hydrogens (tertiary/aromatic N) is 3. The second-order valence-electron chi connectivity index (χ2n) is 9.33. The fourth-order valence-corrected chi connectivity index (χ4v) is 5.21. The Labute approximate surface area is 190 Å². The molecule has 2 N–H and O–H groups in total. The molecule has 3 aliphatic rings. The number of fused-ring (bicyclic) bond motifs is 1. The maximum absolute atomic E-state index is 12.8. The van der Waals surface area contributed by atoms with Gasteiger partial charge in [-0.15, -0.1) is 0 Å². The second kappa shape index (κ2) is 8.64. The van der Waals surface area contributed by atoms with Gasteiger partial charge in [0, 0.05) is 44.7 Å². The lowest BCUT2D eigenvalue weighted by Crippen LogP contribution is -2.55. The molecule has 0 radical (unpaired) electrons. The van der Waals surface area contributed by atoms with Crippen LogP contribution in [-0.4, -0.2) is 52.9 Å². The predicted molar refractivity (Wildman–Crippen MR) is 115 cm³/mol. The van der Waals surface area contributed by atoms with Gasteiger partial charge < -0.3 is 15.5 Å². The number of nitrogens with one attached hydrogen (secondary N) is 2. The molecule has 7 nitrogen and oxygen atoms in total. The minimum Gasteiger partial charge on any atom is -0.381 e. The van der Waals surface area contributed by atoms with Crippen molar-refractivity contribution < 1.29 is 22.7 Å². The lowest BCUT2D eigenvalue weighted by Gasteiger charge is -2.35. The van der Waals surface area contributed by atoms with E-state index in [1.807, 2.05) is 4.68 Å². The zero-order valence-electron chi connectivity index (χ0n) is 18.4. The average molecular weight is 464 g/mol. The van der Waals surface area contributed by atoms with Crippen LogP contribution in [0.25, 0.3) is 0 Å². The van der Waals surface area contributed by atoms with Crippen molar-refractivity contribution in [3.63, 3.8) is 0 Å². The standard InChI is InChI=1S/C23H28F3N5O2/c1-14-11-30(12-15-2-4-17(5-3-15)23(24,25)26)13-18(14)20-28-22(32)19-10-27-21(31(19)29-20)16-6-8-33-9-7-16/h2-5,10,14,16,18,20,29H,6-9,11-13H2,1H3,(H,28,32). The molecule has 33 heavy (non-hydrogen) atoms. The van der Waals surface area contributed by atoms with Crippen LogP contribution in [0.3, 0.4) is 0 Å². The summed E-state index contributed by atoms with van der Waals surface area (Å²) in [5.41, 5.74) is 4.21. The smallest absolute Gasteiger partial charge is 0.381 e. The Balaban J connectivity index is 1.27. The molecule has 1 aromatic carbocycles. The van der Waals surface area contributed by atoms with Crippen LogP contribution in [0.1, 0.15) is 53.1 Å². The summed E-state index contributed by atoms with van der Waals surface area (Å²) >= 11 is 0. The van der Waals surface area contributed by atoms with E-state index in [1.54, 1.807) is 18.3 Å². The number of halogens is 3. The van der Waals surface area contributed by atoms with Gasteiger partial charge in [-0.05, 0) is 36.5 Å². The molecule has 2 aromatic rings. The topological polar surface area (TPSA) is 71.4 Å². The predicted octanol–water partition coefficient (Wildman–Crippen LogP) is 3.18. The first kappa shape index (κ1) is 22.2. The summed E-state index contributed by atoms with van der Waals surface area (Å²) in [5.74, 6) is 1.44. The third kappa shape index (κ3) is 4.46. The molecule has 3 atom stereocenters. The maximum atomic E-state index is 12.8. The molecule has 0 saturated carbocycles. The molecule has 0 aliphatic carbocycles. The first-order chi connectivity index (χ1) is 15.8. The lowest BCUT2D eigenvalue weighted by atomic mass is 9.94. The van der Waals surface area contributed by atoms with E-state index in [0.29, 0.717) is 31.4 Å². The van der Waals surface area contributed by atoms with E-state index in [0.717, 1.165) is 49.5 Å². The van der Waals surface area contributed by atoms with Gasteiger partial charge in [0.25, 0.3) is 5.91 Å². The molecule has 3 unspecified atom stereocenters. The Kier molecular flexibility index (Phi) is 5.82. The molecule has 2 saturated heterocycles. The van der Waals surface area contributed by atoms with Gasteiger partial charge >= 0.3 is 6.18 Å². The minimum absolute atomic E-state index is 0.141. The zero-order valence-corrected chi connectivity index (χ0v) is 18.4. The van der Waals surface area contributed by atoms with Gasteiger partial charge in [-0.1, -0.05) is 19.1 Å². The first-order valence-electron chi connectivity index (χ1n) is 11.4. The molecule has 2 fully saturated rings. The quantitative estimate of drug-likeness (QED) is 0.729. The minimum atomic E-state index is -4.33. The summed E-state index contributed by atoms with van der Waals surface area (Å²) in [5, 5.41) is 3.08. The van der Waals surface area contributed by atoms with Crippen molar-refractivity contribution in [2.24, 2.45) is 11.8 Å². The summed E-state index contributed by atoms with van der Waals surface area (Å²) < 4.78 is 45.8. The summed E-state index contributed by atoms with van der Waals surface area (Å²) in [6.07, 6.45) is -1.19. The number of ether oxygens (including phenoxy) is 1. The molecule has 178 valence electrons. The number of hydrogen-bond donors (Lipinski definition) is 2. The van der Waals surface area contributed by atoms with Gasteiger partial charge in [0.2, 0.25) is 0 Å². The number of likely N-dealkylation sites (tertiary alicyclic amines) is 1. The number of imidazole rings is 1. The Morgan fingerprint density at radius 3 is 2.58 bits per heavy atom. The number of alkyl halides is 3. The molecule has 4 heterocycles. The van der Waals surface area contributed by atoms with Gasteiger partial charge in [0.15, 0.2) is 0 Å². The van der Waals surface area contributed by atoms with E-state index in [2.05, 4.69) is 27.6 Å².